The number of hydrogen-bond acceptors (Lipinski definition) is 0. The van der Waals surface area contributed by atoms with Crippen LogP contribution in [-0.4, -0.2) is 0 Å². The molecular formula is C38H24. The van der Waals surface area contributed by atoms with Crippen LogP contribution < -0.4 is 0 Å². The Kier molecular flexibility index (Phi) is 4.62. The second-order valence-corrected chi connectivity index (χ2v) is 10.1. The molecule has 0 aliphatic rings. The van der Waals surface area contributed by atoms with Gasteiger partial charge in [-0.15, -0.1) is 0 Å². The summed E-state index contributed by atoms with van der Waals surface area (Å²) in [5.41, 5.74) is 5.12. The summed E-state index contributed by atoms with van der Waals surface area (Å²) in [7, 11) is 0. The zero-order valence-corrected chi connectivity index (χ0v) is 20.9. The van der Waals surface area contributed by atoms with Crippen molar-refractivity contribution >= 4 is 53.9 Å². The second kappa shape index (κ2) is 8.30. The summed E-state index contributed by atoms with van der Waals surface area (Å²) in [6.07, 6.45) is 0. The lowest BCUT2D eigenvalue weighted by Gasteiger charge is -2.19. The standard InChI is InChI=1S/C38H24/c1-3-14-27-25(11-1)13-9-20-32(27)37-28-15-4-2-12-26(28)23-24-36(37)35-22-10-21-34-31-17-6-5-16-29(31)30-18-7-8-19-33(30)38(34)35/h1-24H. The molecule has 0 aliphatic heterocycles. The molecule has 0 bridgehead atoms. The van der Waals surface area contributed by atoms with Crippen molar-refractivity contribution in [3.63, 3.8) is 0 Å². The first-order valence-corrected chi connectivity index (χ1v) is 13.2. The fourth-order valence-electron chi connectivity index (χ4n) is 6.41. The van der Waals surface area contributed by atoms with Gasteiger partial charge in [-0.05, 0) is 76.1 Å². The van der Waals surface area contributed by atoms with Gasteiger partial charge in [-0.25, -0.2) is 0 Å². The van der Waals surface area contributed by atoms with Gasteiger partial charge in [-0.1, -0.05) is 146 Å². The molecule has 38 heavy (non-hydrogen) atoms. The number of hydrogen-bond donors (Lipinski definition) is 0. The van der Waals surface area contributed by atoms with E-state index in [-0.39, 0.29) is 0 Å². The Labute approximate surface area is 221 Å². The molecule has 0 N–H and O–H groups in total. The predicted molar refractivity (Wildman–Crippen MR) is 165 cm³/mol. The molecule has 0 heteroatoms. The first-order chi connectivity index (χ1) is 18.9. The van der Waals surface area contributed by atoms with E-state index in [1.807, 2.05) is 0 Å². The van der Waals surface area contributed by atoms with Crippen molar-refractivity contribution in [2.45, 2.75) is 0 Å². The van der Waals surface area contributed by atoms with Gasteiger partial charge in [0.2, 0.25) is 0 Å². The molecule has 8 rings (SSSR count). The van der Waals surface area contributed by atoms with Gasteiger partial charge in [-0.3, -0.25) is 0 Å². The largest absolute Gasteiger partial charge is 0.0616 e. The molecule has 0 spiro atoms. The van der Waals surface area contributed by atoms with Crippen molar-refractivity contribution in [2.75, 3.05) is 0 Å². The molecule has 8 aromatic rings. The predicted octanol–water partition coefficient (Wildman–Crippen LogP) is 10.8. The highest BCUT2D eigenvalue weighted by Crippen LogP contribution is 2.46. The van der Waals surface area contributed by atoms with Gasteiger partial charge in [0.1, 0.15) is 0 Å². The van der Waals surface area contributed by atoms with E-state index in [2.05, 4.69) is 146 Å². The molecule has 0 aromatic heterocycles. The highest BCUT2D eigenvalue weighted by molar-refractivity contribution is 6.29. The monoisotopic (exact) mass is 480 g/mol. The first-order valence-electron chi connectivity index (χ1n) is 13.2. The molecule has 0 radical (unpaired) electrons. The molecule has 0 fully saturated rings. The van der Waals surface area contributed by atoms with Gasteiger partial charge < -0.3 is 0 Å². The molecular weight excluding hydrogens is 456 g/mol. The number of benzene rings is 8. The van der Waals surface area contributed by atoms with Crippen molar-refractivity contribution < 1.29 is 0 Å². The highest BCUT2D eigenvalue weighted by atomic mass is 14.2. The average Bonchev–Trinajstić information content (AvgIpc) is 3.00. The third-order valence-corrected chi connectivity index (χ3v) is 8.05. The zero-order valence-electron chi connectivity index (χ0n) is 20.9. The summed E-state index contributed by atoms with van der Waals surface area (Å²) in [5.74, 6) is 0. The van der Waals surface area contributed by atoms with Crippen molar-refractivity contribution in [1.82, 2.24) is 0 Å². The summed E-state index contributed by atoms with van der Waals surface area (Å²) in [6.45, 7) is 0. The molecule has 0 unspecified atom stereocenters. The Morgan fingerprint density at radius 1 is 0.237 bits per heavy atom. The van der Waals surface area contributed by atoms with Crippen LogP contribution in [0.25, 0.3) is 76.1 Å². The van der Waals surface area contributed by atoms with Gasteiger partial charge in [-0.2, -0.15) is 0 Å². The van der Waals surface area contributed by atoms with Crippen LogP contribution in [0, 0.1) is 0 Å². The maximum atomic E-state index is 2.33. The van der Waals surface area contributed by atoms with Crippen molar-refractivity contribution in [3.05, 3.63) is 146 Å². The van der Waals surface area contributed by atoms with Crippen LogP contribution in [0.5, 0.6) is 0 Å². The lowest BCUT2D eigenvalue weighted by atomic mass is 9.84. The maximum Gasteiger partial charge on any atom is -0.00201 e. The van der Waals surface area contributed by atoms with Crippen LogP contribution in [0.2, 0.25) is 0 Å². The summed E-state index contributed by atoms with van der Waals surface area (Å²) in [4.78, 5) is 0. The van der Waals surface area contributed by atoms with Crippen molar-refractivity contribution in [3.8, 4) is 22.3 Å². The minimum atomic E-state index is 1.26. The minimum absolute atomic E-state index is 1.26. The maximum absolute atomic E-state index is 2.33. The summed E-state index contributed by atoms with van der Waals surface area (Å²) in [5, 5.41) is 12.9. The van der Waals surface area contributed by atoms with E-state index in [0.717, 1.165) is 0 Å². The van der Waals surface area contributed by atoms with E-state index < -0.39 is 0 Å². The fourth-order valence-corrected chi connectivity index (χ4v) is 6.41. The SMILES string of the molecule is c1ccc2c(-c3c(-c4cccc5c6ccccc6c6ccccc6c45)ccc4ccccc34)cccc2c1. The smallest absolute Gasteiger partial charge is 0.00201 e. The molecule has 0 saturated carbocycles. The van der Waals surface area contributed by atoms with Crippen LogP contribution in [0.15, 0.2) is 146 Å². The molecule has 0 nitrogen and oxygen atoms in total. The molecule has 8 aromatic carbocycles. The quantitative estimate of drug-likeness (QED) is 0.216. The Morgan fingerprint density at radius 2 is 0.684 bits per heavy atom. The van der Waals surface area contributed by atoms with E-state index in [1.54, 1.807) is 0 Å². The van der Waals surface area contributed by atoms with Gasteiger partial charge in [0, 0.05) is 0 Å². The molecule has 176 valence electrons. The Morgan fingerprint density at radius 3 is 1.39 bits per heavy atom. The summed E-state index contributed by atoms with van der Waals surface area (Å²) >= 11 is 0. The Hall–Kier alpha value is -4.94. The topological polar surface area (TPSA) is 0 Å². The van der Waals surface area contributed by atoms with Crippen LogP contribution in [0.4, 0.5) is 0 Å². The molecule has 0 saturated heterocycles. The highest BCUT2D eigenvalue weighted by Gasteiger charge is 2.18. The van der Waals surface area contributed by atoms with E-state index in [1.165, 1.54) is 76.1 Å². The van der Waals surface area contributed by atoms with Crippen LogP contribution in [-0.2, 0) is 0 Å². The van der Waals surface area contributed by atoms with Crippen LogP contribution in [0.1, 0.15) is 0 Å². The Bertz CT molecular complexity index is 2130. The normalized spacial score (nSPS) is 11.7. The third-order valence-electron chi connectivity index (χ3n) is 8.05. The summed E-state index contributed by atoms with van der Waals surface area (Å²) < 4.78 is 0. The van der Waals surface area contributed by atoms with Gasteiger partial charge in [0.05, 0.1) is 0 Å². The third kappa shape index (κ3) is 3.04. The van der Waals surface area contributed by atoms with E-state index in [4.69, 9.17) is 0 Å². The fraction of sp³-hybridized carbons (Fsp3) is 0. The second-order valence-electron chi connectivity index (χ2n) is 10.1. The number of fused-ring (bicyclic) bond motifs is 8. The van der Waals surface area contributed by atoms with Crippen molar-refractivity contribution in [1.29, 1.82) is 0 Å². The number of rotatable bonds is 2. The first kappa shape index (κ1) is 21.2. The van der Waals surface area contributed by atoms with E-state index in [9.17, 15) is 0 Å². The lowest BCUT2D eigenvalue weighted by molar-refractivity contribution is 1.66. The molecule has 0 amide bonds. The van der Waals surface area contributed by atoms with E-state index >= 15 is 0 Å². The van der Waals surface area contributed by atoms with Crippen LogP contribution >= 0.6 is 0 Å². The zero-order chi connectivity index (χ0) is 25.1. The minimum Gasteiger partial charge on any atom is -0.0616 e. The molecule has 0 atom stereocenters. The van der Waals surface area contributed by atoms with Gasteiger partial charge in [0.25, 0.3) is 0 Å². The lowest BCUT2D eigenvalue weighted by Crippen LogP contribution is -1.92. The molecule has 0 aliphatic carbocycles. The molecule has 0 heterocycles. The van der Waals surface area contributed by atoms with Gasteiger partial charge >= 0.3 is 0 Å². The van der Waals surface area contributed by atoms with Gasteiger partial charge in [0.15, 0.2) is 0 Å². The summed E-state index contributed by atoms with van der Waals surface area (Å²) in [6, 6.07) is 53.3. The average molecular weight is 481 g/mol. The Balaban J connectivity index is 1.59. The van der Waals surface area contributed by atoms with Crippen LogP contribution in [0.3, 0.4) is 0 Å². The van der Waals surface area contributed by atoms with Crippen molar-refractivity contribution in [2.24, 2.45) is 0 Å². The van der Waals surface area contributed by atoms with E-state index in [0.29, 0.717) is 0 Å².